The molecule has 0 radical (unpaired) electrons. The van der Waals surface area contributed by atoms with Crippen molar-refractivity contribution in [2.24, 2.45) is 0 Å². The van der Waals surface area contributed by atoms with Crippen LogP contribution in [0.4, 0.5) is 8.78 Å². The molecule has 0 aromatic heterocycles. The van der Waals surface area contributed by atoms with E-state index in [9.17, 15) is 13.6 Å². The predicted molar refractivity (Wildman–Crippen MR) is 59.4 cm³/mol. The highest BCUT2D eigenvalue weighted by molar-refractivity contribution is 5.90. The monoisotopic (exact) mass is 242 g/mol. The number of benzene rings is 1. The number of esters is 1. The first-order chi connectivity index (χ1) is 8.08. The molecule has 5 heteroatoms. The van der Waals surface area contributed by atoms with Gasteiger partial charge in [-0.05, 0) is 12.1 Å². The second-order valence-corrected chi connectivity index (χ2v) is 3.15. The molecule has 1 rings (SSSR count). The Bertz CT molecular complexity index is 416. The van der Waals surface area contributed by atoms with Gasteiger partial charge in [-0.15, -0.1) is 0 Å². The molecule has 0 aliphatic carbocycles. The standard InChI is InChI=1S/C12H12F2O3/c1-3-8-4-5-9(12(15)16-2)6-10(8)17-7-11(13)14/h3-6,11H,1,7H2,2H3. The Kier molecular flexibility index (Phi) is 4.63. The Labute approximate surface area is 97.7 Å². The molecule has 0 aliphatic heterocycles. The van der Waals surface area contributed by atoms with Gasteiger partial charge in [0.15, 0.2) is 0 Å². The first-order valence-electron chi connectivity index (χ1n) is 4.84. The van der Waals surface area contributed by atoms with Crippen LogP contribution in [0.1, 0.15) is 15.9 Å². The first-order valence-corrected chi connectivity index (χ1v) is 4.84. The van der Waals surface area contributed by atoms with Crippen LogP contribution in [0.25, 0.3) is 6.08 Å². The zero-order valence-corrected chi connectivity index (χ0v) is 9.28. The molecule has 0 unspecified atom stereocenters. The molecular weight excluding hydrogens is 230 g/mol. The maximum absolute atomic E-state index is 12.0. The summed E-state index contributed by atoms with van der Waals surface area (Å²) in [6.45, 7) is 2.80. The highest BCUT2D eigenvalue weighted by Crippen LogP contribution is 2.22. The third kappa shape index (κ3) is 3.55. The second kappa shape index (κ2) is 5.98. The highest BCUT2D eigenvalue weighted by atomic mass is 19.3. The van der Waals surface area contributed by atoms with E-state index in [1.807, 2.05) is 0 Å². The molecule has 17 heavy (non-hydrogen) atoms. The number of ether oxygens (including phenoxy) is 2. The van der Waals surface area contributed by atoms with E-state index in [-0.39, 0.29) is 11.3 Å². The van der Waals surface area contributed by atoms with Crippen molar-refractivity contribution >= 4 is 12.0 Å². The summed E-state index contributed by atoms with van der Waals surface area (Å²) in [7, 11) is 1.24. The lowest BCUT2D eigenvalue weighted by Crippen LogP contribution is -2.09. The van der Waals surface area contributed by atoms with Crippen LogP contribution in [0.3, 0.4) is 0 Å². The molecule has 0 amide bonds. The molecule has 3 nitrogen and oxygen atoms in total. The first kappa shape index (κ1) is 13.2. The maximum atomic E-state index is 12.0. The molecule has 0 bridgehead atoms. The SMILES string of the molecule is C=Cc1ccc(C(=O)OC)cc1OCC(F)F. The van der Waals surface area contributed by atoms with Crippen molar-refractivity contribution < 1.29 is 23.0 Å². The third-order valence-corrected chi connectivity index (χ3v) is 2.02. The molecule has 1 aromatic carbocycles. The Morgan fingerprint density at radius 3 is 2.76 bits per heavy atom. The normalized spacial score (nSPS) is 10.1. The van der Waals surface area contributed by atoms with Crippen molar-refractivity contribution in [3.8, 4) is 5.75 Å². The average molecular weight is 242 g/mol. The van der Waals surface area contributed by atoms with Crippen molar-refractivity contribution in [3.63, 3.8) is 0 Å². The van der Waals surface area contributed by atoms with E-state index in [2.05, 4.69) is 11.3 Å². The summed E-state index contributed by atoms with van der Waals surface area (Å²) in [5.41, 5.74) is 0.778. The van der Waals surface area contributed by atoms with Gasteiger partial charge in [0.1, 0.15) is 12.4 Å². The van der Waals surface area contributed by atoms with Gasteiger partial charge in [0.2, 0.25) is 0 Å². The van der Waals surface area contributed by atoms with Crippen LogP contribution >= 0.6 is 0 Å². The van der Waals surface area contributed by atoms with E-state index in [4.69, 9.17) is 4.74 Å². The van der Waals surface area contributed by atoms with Crippen LogP contribution in [0, 0.1) is 0 Å². The van der Waals surface area contributed by atoms with Crippen LogP contribution in [0.2, 0.25) is 0 Å². The highest BCUT2D eigenvalue weighted by Gasteiger charge is 2.11. The summed E-state index contributed by atoms with van der Waals surface area (Å²) < 4.78 is 33.5. The molecule has 0 aliphatic rings. The van der Waals surface area contributed by atoms with E-state index >= 15 is 0 Å². The van der Waals surface area contributed by atoms with E-state index < -0.39 is 19.0 Å². The Morgan fingerprint density at radius 1 is 1.53 bits per heavy atom. The van der Waals surface area contributed by atoms with E-state index in [1.165, 1.54) is 25.3 Å². The van der Waals surface area contributed by atoms with Gasteiger partial charge in [-0.25, -0.2) is 13.6 Å². The van der Waals surface area contributed by atoms with Gasteiger partial charge < -0.3 is 9.47 Å². The molecule has 0 heterocycles. The Morgan fingerprint density at radius 2 is 2.24 bits per heavy atom. The van der Waals surface area contributed by atoms with Crippen LogP contribution in [-0.2, 0) is 4.74 Å². The Hall–Kier alpha value is -1.91. The summed E-state index contributed by atoms with van der Waals surface area (Å²) >= 11 is 0. The van der Waals surface area contributed by atoms with Crippen molar-refractivity contribution in [2.45, 2.75) is 6.43 Å². The zero-order valence-electron chi connectivity index (χ0n) is 9.28. The van der Waals surface area contributed by atoms with Crippen molar-refractivity contribution in [2.75, 3.05) is 13.7 Å². The summed E-state index contributed by atoms with van der Waals surface area (Å²) in [6, 6.07) is 4.42. The van der Waals surface area contributed by atoms with Gasteiger partial charge in [-0.3, -0.25) is 0 Å². The molecule has 92 valence electrons. The molecular formula is C12H12F2O3. The minimum Gasteiger partial charge on any atom is -0.487 e. The molecule has 0 N–H and O–H groups in total. The largest absolute Gasteiger partial charge is 0.487 e. The van der Waals surface area contributed by atoms with E-state index in [0.717, 1.165) is 0 Å². The fraction of sp³-hybridized carbons (Fsp3) is 0.250. The molecule has 0 spiro atoms. The molecule has 1 aromatic rings. The topological polar surface area (TPSA) is 35.5 Å². The lowest BCUT2D eigenvalue weighted by molar-refractivity contribution is 0.0599. The summed E-state index contributed by atoms with van der Waals surface area (Å²) in [5.74, 6) is -0.370. The third-order valence-electron chi connectivity index (χ3n) is 2.02. The predicted octanol–water partition coefficient (Wildman–Crippen LogP) is 2.76. The van der Waals surface area contributed by atoms with Gasteiger partial charge in [0.25, 0.3) is 6.43 Å². The Balaban J connectivity index is 2.97. The maximum Gasteiger partial charge on any atom is 0.337 e. The number of alkyl halides is 2. The fourth-order valence-electron chi connectivity index (χ4n) is 1.23. The minimum absolute atomic E-state index is 0.184. The number of rotatable bonds is 5. The smallest absolute Gasteiger partial charge is 0.337 e. The lowest BCUT2D eigenvalue weighted by Gasteiger charge is -2.10. The number of methoxy groups -OCH3 is 1. The van der Waals surface area contributed by atoms with Gasteiger partial charge >= 0.3 is 5.97 Å². The quantitative estimate of drug-likeness (QED) is 0.745. The number of carbonyl (C=O) groups excluding carboxylic acids is 1. The molecule has 0 saturated carbocycles. The number of hydrogen-bond acceptors (Lipinski definition) is 3. The fourth-order valence-corrected chi connectivity index (χ4v) is 1.23. The van der Waals surface area contributed by atoms with E-state index in [0.29, 0.717) is 5.56 Å². The van der Waals surface area contributed by atoms with Crippen molar-refractivity contribution in [3.05, 3.63) is 35.9 Å². The van der Waals surface area contributed by atoms with Crippen LogP contribution < -0.4 is 4.74 Å². The zero-order chi connectivity index (χ0) is 12.8. The molecule has 0 atom stereocenters. The minimum atomic E-state index is -2.57. The molecule has 0 saturated heterocycles. The van der Waals surface area contributed by atoms with Crippen LogP contribution in [0.5, 0.6) is 5.75 Å². The van der Waals surface area contributed by atoms with E-state index in [1.54, 1.807) is 6.07 Å². The number of hydrogen-bond donors (Lipinski definition) is 0. The summed E-state index contributed by atoms with van der Waals surface area (Å²) in [6.07, 6.45) is -1.11. The van der Waals surface area contributed by atoms with Crippen LogP contribution in [0.15, 0.2) is 24.8 Å². The van der Waals surface area contributed by atoms with Crippen molar-refractivity contribution in [1.82, 2.24) is 0 Å². The second-order valence-electron chi connectivity index (χ2n) is 3.15. The molecule has 0 fully saturated rings. The average Bonchev–Trinajstić information content (AvgIpc) is 2.34. The van der Waals surface area contributed by atoms with Crippen molar-refractivity contribution in [1.29, 1.82) is 0 Å². The van der Waals surface area contributed by atoms with Gasteiger partial charge in [-0.1, -0.05) is 18.7 Å². The summed E-state index contributed by atoms with van der Waals surface area (Å²) in [4.78, 5) is 11.3. The summed E-state index contributed by atoms with van der Waals surface area (Å²) in [5, 5.41) is 0. The number of carbonyl (C=O) groups is 1. The van der Waals surface area contributed by atoms with Gasteiger partial charge in [0, 0.05) is 5.56 Å². The lowest BCUT2D eigenvalue weighted by atomic mass is 10.1. The van der Waals surface area contributed by atoms with Gasteiger partial charge in [0.05, 0.1) is 12.7 Å². The van der Waals surface area contributed by atoms with Crippen LogP contribution in [-0.4, -0.2) is 26.1 Å². The number of halogens is 2. The van der Waals surface area contributed by atoms with Gasteiger partial charge in [-0.2, -0.15) is 0 Å².